The molecule has 0 aliphatic carbocycles. The van der Waals surface area contributed by atoms with E-state index in [4.69, 9.17) is 0 Å². The van der Waals surface area contributed by atoms with Crippen LogP contribution in [-0.4, -0.2) is 5.91 Å². The SMILES string of the molecule is C=CC1=C(/C=C\C)C(=O)NNC1=C. The summed E-state index contributed by atoms with van der Waals surface area (Å²) in [5.74, 6) is -0.166. The van der Waals surface area contributed by atoms with Crippen LogP contribution in [0.5, 0.6) is 0 Å². The first-order valence-electron chi connectivity index (χ1n) is 3.95. The number of hydrazine groups is 1. The highest BCUT2D eigenvalue weighted by Crippen LogP contribution is 2.16. The van der Waals surface area contributed by atoms with E-state index in [-0.39, 0.29) is 5.91 Å². The second kappa shape index (κ2) is 3.76. The number of amides is 1. The predicted molar refractivity (Wildman–Crippen MR) is 52.5 cm³/mol. The van der Waals surface area contributed by atoms with Gasteiger partial charge in [-0.05, 0) is 6.92 Å². The third-order valence-corrected chi connectivity index (χ3v) is 1.72. The molecule has 1 aliphatic rings. The minimum Gasteiger partial charge on any atom is -0.298 e. The Morgan fingerprint density at radius 1 is 1.31 bits per heavy atom. The van der Waals surface area contributed by atoms with E-state index in [9.17, 15) is 4.79 Å². The maximum absolute atomic E-state index is 11.3. The number of carbonyl (C=O) groups is 1. The summed E-state index contributed by atoms with van der Waals surface area (Å²) in [5, 5.41) is 0. The molecule has 0 aromatic rings. The molecule has 0 bridgehead atoms. The molecule has 0 radical (unpaired) electrons. The summed E-state index contributed by atoms with van der Waals surface area (Å²) in [5.41, 5.74) is 7.13. The van der Waals surface area contributed by atoms with Gasteiger partial charge in [0, 0.05) is 5.57 Å². The molecule has 68 valence electrons. The van der Waals surface area contributed by atoms with Crippen LogP contribution in [0.2, 0.25) is 0 Å². The molecule has 0 aromatic carbocycles. The summed E-state index contributed by atoms with van der Waals surface area (Å²) in [6, 6.07) is 0. The van der Waals surface area contributed by atoms with Crippen LogP contribution in [0.3, 0.4) is 0 Å². The maximum atomic E-state index is 11.3. The quantitative estimate of drug-likeness (QED) is 0.663. The van der Waals surface area contributed by atoms with Crippen molar-refractivity contribution in [3.8, 4) is 0 Å². The van der Waals surface area contributed by atoms with E-state index in [2.05, 4.69) is 24.0 Å². The fourth-order valence-corrected chi connectivity index (χ4v) is 1.12. The zero-order chi connectivity index (χ0) is 9.84. The Hall–Kier alpha value is -1.77. The Labute approximate surface area is 77.5 Å². The fraction of sp³-hybridized carbons (Fsp3) is 0.100. The number of hydrogen-bond donors (Lipinski definition) is 2. The lowest BCUT2D eigenvalue weighted by Gasteiger charge is -2.20. The molecule has 1 heterocycles. The molecule has 0 saturated carbocycles. The Morgan fingerprint density at radius 2 is 2.00 bits per heavy atom. The van der Waals surface area contributed by atoms with Crippen LogP contribution in [0.25, 0.3) is 0 Å². The van der Waals surface area contributed by atoms with Crippen molar-refractivity contribution < 1.29 is 4.79 Å². The Bertz CT molecular complexity index is 324. The molecule has 3 nitrogen and oxygen atoms in total. The molecule has 1 amide bonds. The number of allylic oxidation sites excluding steroid dienone is 2. The van der Waals surface area contributed by atoms with Crippen LogP contribution < -0.4 is 10.9 Å². The van der Waals surface area contributed by atoms with E-state index in [0.29, 0.717) is 11.3 Å². The monoisotopic (exact) mass is 176 g/mol. The van der Waals surface area contributed by atoms with Crippen molar-refractivity contribution in [1.82, 2.24) is 10.9 Å². The molecule has 0 saturated heterocycles. The zero-order valence-electron chi connectivity index (χ0n) is 7.55. The van der Waals surface area contributed by atoms with Gasteiger partial charge in [0.05, 0.1) is 11.3 Å². The van der Waals surface area contributed by atoms with E-state index >= 15 is 0 Å². The molecule has 1 rings (SSSR count). The van der Waals surface area contributed by atoms with Gasteiger partial charge in [-0.1, -0.05) is 31.4 Å². The first-order chi connectivity index (χ1) is 6.20. The minimum absolute atomic E-state index is 0.166. The molecule has 2 N–H and O–H groups in total. The molecule has 0 aromatic heterocycles. The van der Waals surface area contributed by atoms with Crippen molar-refractivity contribution in [2.45, 2.75) is 6.92 Å². The van der Waals surface area contributed by atoms with Gasteiger partial charge < -0.3 is 0 Å². The molecule has 0 spiro atoms. The number of nitrogens with one attached hydrogen (secondary N) is 2. The molecule has 0 fully saturated rings. The number of rotatable bonds is 2. The third kappa shape index (κ3) is 1.69. The lowest BCUT2D eigenvalue weighted by molar-refractivity contribution is -0.118. The highest BCUT2D eigenvalue weighted by molar-refractivity contribution is 5.99. The molecule has 13 heavy (non-hydrogen) atoms. The van der Waals surface area contributed by atoms with Crippen molar-refractivity contribution in [2.24, 2.45) is 0 Å². The summed E-state index contributed by atoms with van der Waals surface area (Å²) in [7, 11) is 0. The summed E-state index contributed by atoms with van der Waals surface area (Å²) < 4.78 is 0. The number of carbonyl (C=O) groups excluding carboxylic acids is 1. The average Bonchev–Trinajstić information content (AvgIpc) is 2.12. The molecule has 0 atom stereocenters. The van der Waals surface area contributed by atoms with Gasteiger partial charge in [0.1, 0.15) is 0 Å². The van der Waals surface area contributed by atoms with Gasteiger partial charge in [-0.25, -0.2) is 0 Å². The fourth-order valence-electron chi connectivity index (χ4n) is 1.12. The van der Waals surface area contributed by atoms with E-state index in [1.807, 2.05) is 6.92 Å². The Balaban J connectivity index is 3.22. The standard InChI is InChI=1S/C10H12N2O/c1-4-6-9-8(5-2)7(3)11-12-10(9)13/h4-6,11H,2-3H2,1H3,(H,12,13)/b6-4-. The maximum Gasteiger partial charge on any atom is 0.270 e. The Morgan fingerprint density at radius 3 is 2.54 bits per heavy atom. The van der Waals surface area contributed by atoms with E-state index in [1.54, 1.807) is 18.2 Å². The van der Waals surface area contributed by atoms with Gasteiger partial charge in [-0.3, -0.25) is 15.6 Å². The van der Waals surface area contributed by atoms with Gasteiger partial charge in [-0.15, -0.1) is 0 Å². The van der Waals surface area contributed by atoms with Crippen LogP contribution in [-0.2, 0) is 4.79 Å². The third-order valence-electron chi connectivity index (χ3n) is 1.72. The van der Waals surface area contributed by atoms with Gasteiger partial charge in [0.15, 0.2) is 0 Å². The molecule has 1 aliphatic heterocycles. The van der Waals surface area contributed by atoms with Crippen LogP contribution >= 0.6 is 0 Å². The van der Waals surface area contributed by atoms with E-state index < -0.39 is 0 Å². The summed E-state index contributed by atoms with van der Waals surface area (Å²) in [6.07, 6.45) is 5.15. The van der Waals surface area contributed by atoms with Crippen LogP contribution in [0.1, 0.15) is 6.92 Å². The van der Waals surface area contributed by atoms with Crippen molar-refractivity contribution in [3.63, 3.8) is 0 Å². The smallest absolute Gasteiger partial charge is 0.270 e. The van der Waals surface area contributed by atoms with Gasteiger partial charge in [-0.2, -0.15) is 0 Å². The van der Waals surface area contributed by atoms with Gasteiger partial charge in [0.2, 0.25) is 0 Å². The van der Waals surface area contributed by atoms with Crippen molar-refractivity contribution >= 4 is 5.91 Å². The Kier molecular flexibility index (Phi) is 2.69. The van der Waals surface area contributed by atoms with Crippen LogP contribution in [0.15, 0.2) is 48.2 Å². The summed E-state index contributed by atoms with van der Waals surface area (Å²) in [6.45, 7) is 9.23. The van der Waals surface area contributed by atoms with Gasteiger partial charge >= 0.3 is 0 Å². The minimum atomic E-state index is -0.166. The highest BCUT2D eigenvalue weighted by atomic mass is 16.2. The molecular formula is C10H12N2O. The molecular weight excluding hydrogens is 164 g/mol. The zero-order valence-corrected chi connectivity index (χ0v) is 7.55. The van der Waals surface area contributed by atoms with Crippen molar-refractivity contribution in [3.05, 3.63) is 48.2 Å². The first-order valence-corrected chi connectivity index (χ1v) is 3.95. The first kappa shape index (κ1) is 9.32. The van der Waals surface area contributed by atoms with Crippen LogP contribution in [0.4, 0.5) is 0 Å². The molecule has 0 unspecified atom stereocenters. The second-order valence-electron chi connectivity index (χ2n) is 2.59. The van der Waals surface area contributed by atoms with Gasteiger partial charge in [0.25, 0.3) is 5.91 Å². The van der Waals surface area contributed by atoms with E-state index in [1.165, 1.54) is 0 Å². The lowest BCUT2D eigenvalue weighted by atomic mass is 10.0. The topological polar surface area (TPSA) is 41.1 Å². The number of hydrogen-bond acceptors (Lipinski definition) is 2. The highest BCUT2D eigenvalue weighted by Gasteiger charge is 2.17. The second-order valence-corrected chi connectivity index (χ2v) is 2.59. The molecule has 3 heteroatoms. The average molecular weight is 176 g/mol. The van der Waals surface area contributed by atoms with Crippen molar-refractivity contribution in [1.29, 1.82) is 0 Å². The summed E-state index contributed by atoms with van der Waals surface area (Å²) >= 11 is 0. The lowest BCUT2D eigenvalue weighted by Crippen LogP contribution is -2.42. The normalized spacial score (nSPS) is 17.3. The summed E-state index contributed by atoms with van der Waals surface area (Å²) in [4.78, 5) is 11.3. The predicted octanol–water partition coefficient (Wildman–Crippen LogP) is 1.19. The van der Waals surface area contributed by atoms with Crippen LogP contribution in [0, 0.1) is 0 Å². The largest absolute Gasteiger partial charge is 0.298 e. The van der Waals surface area contributed by atoms with Crippen molar-refractivity contribution in [2.75, 3.05) is 0 Å². The van der Waals surface area contributed by atoms with E-state index in [0.717, 1.165) is 5.57 Å².